The zero-order valence-electron chi connectivity index (χ0n) is 21.3. The Bertz CT molecular complexity index is 1760. The van der Waals surface area contributed by atoms with Gasteiger partial charge in [0.05, 0.1) is 12.3 Å². The van der Waals surface area contributed by atoms with Crippen LogP contribution in [0, 0.1) is 13.8 Å². The first kappa shape index (κ1) is 23.0. The Hall–Kier alpha value is -4.46. The molecule has 0 aliphatic heterocycles. The summed E-state index contributed by atoms with van der Waals surface area (Å²) >= 11 is 0. The first-order valence-corrected chi connectivity index (χ1v) is 12.4. The van der Waals surface area contributed by atoms with Crippen LogP contribution in [0.1, 0.15) is 53.1 Å². The molecule has 186 valence electrons. The van der Waals surface area contributed by atoms with Gasteiger partial charge in [-0.3, -0.25) is 9.51 Å². The summed E-state index contributed by atoms with van der Waals surface area (Å²) in [6.45, 7) is 8.61. The molecule has 0 saturated heterocycles. The number of hydrogen-bond donors (Lipinski definition) is 1. The van der Waals surface area contributed by atoms with E-state index in [2.05, 4.69) is 52.4 Å². The van der Waals surface area contributed by atoms with E-state index < -0.39 is 5.76 Å². The second-order valence-corrected chi connectivity index (χ2v) is 9.30. The topological polar surface area (TPSA) is 98.8 Å². The quantitative estimate of drug-likeness (QED) is 0.370. The Labute approximate surface area is 213 Å². The number of aromatic nitrogens is 5. The van der Waals surface area contributed by atoms with E-state index in [-0.39, 0.29) is 0 Å². The number of fused-ring (bicyclic) bond motifs is 3. The number of pyridine rings is 1. The van der Waals surface area contributed by atoms with Crippen molar-refractivity contribution in [3.8, 4) is 11.7 Å². The molecule has 0 saturated carbocycles. The lowest BCUT2D eigenvalue weighted by Crippen LogP contribution is -2.07. The molecule has 0 atom stereocenters. The molecule has 3 heterocycles. The van der Waals surface area contributed by atoms with Crippen LogP contribution in [-0.4, -0.2) is 31.3 Å². The van der Waals surface area contributed by atoms with Gasteiger partial charge in [-0.05, 0) is 91.6 Å². The smallest absolute Gasteiger partial charge is 0.439 e. The van der Waals surface area contributed by atoms with Gasteiger partial charge < -0.3 is 4.74 Å². The van der Waals surface area contributed by atoms with Gasteiger partial charge in [-0.25, -0.2) is 14.3 Å². The second-order valence-electron chi connectivity index (χ2n) is 9.30. The van der Waals surface area contributed by atoms with Crippen LogP contribution < -0.4 is 10.5 Å². The van der Waals surface area contributed by atoms with Gasteiger partial charge in [-0.15, -0.1) is 0 Å². The van der Waals surface area contributed by atoms with Crippen molar-refractivity contribution >= 4 is 22.3 Å². The normalized spacial score (nSPS) is 14.3. The highest BCUT2D eigenvalue weighted by Crippen LogP contribution is 2.41. The summed E-state index contributed by atoms with van der Waals surface area (Å²) < 4.78 is 12.8. The Morgan fingerprint density at radius 3 is 2.73 bits per heavy atom. The fraction of sp³-hybridized carbons (Fsp3) is 0.241. The van der Waals surface area contributed by atoms with E-state index in [0.29, 0.717) is 18.4 Å². The zero-order valence-corrected chi connectivity index (χ0v) is 21.3. The maximum atomic E-state index is 11.7. The third-order valence-corrected chi connectivity index (χ3v) is 7.17. The number of benzene rings is 2. The average Bonchev–Trinajstić information content (AvgIpc) is 3.44. The zero-order chi connectivity index (χ0) is 25.7. The Balaban J connectivity index is 1.63. The van der Waals surface area contributed by atoms with Crippen molar-refractivity contribution in [2.75, 3.05) is 6.61 Å². The summed E-state index contributed by atoms with van der Waals surface area (Å²) in [6.07, 6.45) is 3.56. The van der Waals surface area contributed by atoms with Gasteiger partial charge in [0.25, 0.3) is 0 Å². The fourth-order valence-corrected chi connectivity index (χ4v) is 5.36. The van der Waals surface area contributed by atoms with Gasteiger partial charge in [-0.1, -0.05) is 35.5 Å². The van der Waals surface area contributed by atoms with Crippen molar-refractivity contribution in [1.82, 2.24) is 24.7 Å². The fourth-order valence-electron chi connectivity index (χ4n) is 5.36. The third-order valence-electron chi connectivity index (χ3n) is 7.17. The van der Waals surface area contributed by atoms with Crippen LogP contribution in [0.3, 0.4) is 0 Å². The first-order chi connectivity index (χ1) is 18.0. The van der Waals surface area contributed by atoms with E-state index in [9.17, 15) is 4.79 Å². The maximum Gasteiger partial charge on any atom is 0.439 e. The van der Waals surface area contributed by atoms with Gasteiger partial charge in [0, 0.05) is 11.8 Å². The Kier molecular flexibility index (Phi) is 5.52. The van der Waals surface area contributed by atoms with Gasteiger partial charge in [0.2, 0.25) is 0 Å². The van der Waals surface area contributed by atoms with Crippen molar-refractivity contribution in [1.29, 1.82) is 0 Å². The summed E-state index contributed by atoms with van der Waals surface area (Å²) in [6, 6.07) is 15.2. The van der Waals surface area contributed by atoms with E-state index in [1.165, 1.54) is 11.1 Å². The largest absolute Gasteiger partial charge is 0.465 e. The lowest BCUT2D eigenvalue weighted by Gasteiger charge is -2.19. The molecule has 37 heavy (non-hydrogen) atoms. The minimum Gasteiger partial charge on any atom is -0.465 e. The molecular formula is C29H27N5O3. The van der Waals surface area contributed by atoms with Gasteiger partial charge in [0.15, 0.2) is 11.5 Å². The van der Waals surface area contributed by atoms with Crippen LogP contribution in [0.4, 0.5) is 0 Å². The summed E-state index contributed by atoms with van der Waals surface area (Å²) in [5.74, 6) is -0.134. The van der Waals surface area contributed by atoms with Crippen LogP contribution in [0.25, 0.3) is 28.0 Å². The van der Waals surface area contributed by atoms with E-state index in [4.69, 9.17) is 14.2 Å². The van der Waals surface area contributed by atoms with Gasteiger partial charge >= 0.3 is 11.8 Å². The third kappa shape index (κ3) is 3.67. The van der Waals surface area contributed by atoms with Crippen LogP contribution in [0.15, 0.2) is 58.0 Å². The molecule has 8 heteroatoms. The monoisotopic (exact) mass is 493 g/mol. The first-order valence-electron chi connectivity index (χ1n) is 12.4. The number of aryl methyl sites for hydroxylation is 2. The highest BCUT2D eigenvalue weighted by atomic mass is 16.5. The molecule has 0 amide bonds. The number of ether oxygens (including phenoxy) is 1. The standard InChI is InChI=1S/C29H27N5O3/c1-5-36-28-31-25-16(2)14-15-30-27(25)34(28)23-13-12-22-20(17(23)3)11-10-19-8-6-7-9-21(19)24(22)18(4)26-32-29(35)37-33-26/h6-9,12-15H,5,10-11H2,1-4H3,(H,32,33,35)/b24-18+. The molecule has 1 aliphatic carbocycles. The summed E-state index contributed by atoms with van der Waals surface area (Å²) in [5, 5.41) is 3.98. The Morgan fingerprint density at radius 1 is 1.11 bits per heavy atom. The predicted molar refractivity (Wildman–Crippen MR) is 142 cm³/mol. The van der Waals surface area contributed by atoms with Crippen molar-refractivity contribution in [2.45, 2.75) is 40.5 Å². The lowest BCUT2D eigenvalue weighted by atomic mass is 9.88. The van der Waals surface area contributed by atoms with Gasteiger partial charge in [0.1, 0.15) is 5.52 Å². The van der Waals surface area contributed by atoms with Crippen molar-refractivity contribution in [3.05, 3.63) is 98.4 Å². The minimum absolute atomic E-state index is 0.434. The summed E-state index contributed by atoms with van der Waals surface area (Å²) in [7, 11) is 0. The van der Waals surface area contributed by atoms with Crippen molar-refractivity contribution in [2.24, 2.45) is 0 Å². The molecule has 0 fully saturated rings. The molecule has 0 unspecified atom stereocenters. The molecule has 0 radical (unpaired) electrons. The number of rotatable bonds is 4. The molecule has 0 bridgehead atoms. The molecule has 6 rings (SSSR count). The predicted octanol–water partition coefficient (Wildman–Crippen LogP) is 5.19. The SMILES string of the molecule is CCOc1nc2c(C)ccnc2n1-c1ccc2c(c1C)CCc1ccccc1/C2=C(/C)c1noc(=O)[nH]1. The maximum absolute atomic E-state index is 11.7. The molecule has 1 aliphatic rings. The van der Waals surface area contributed by atoms with Crippen LogP contribution in [0.5, 0.6) is 6.01 Å². The van der Waals surface area contributed by atoms with Crippen LogP contribution >= 0.6 is 0 Å². The van der Waals surface area contributed by atoms with Crippen molar-refractivity contribution < 1.29 is 9.26 Å². The average molecular weight is 494 g/mol. The number of aromatic amines is 1. The number of imidazole rings is 1. The lowest BCUT2D eigenvalue weighted by molar-refractivity contribution is 0.309. The molecule has 8 nitrogen and oxygen atoms in total. The summed E-state index contributed by atoms with van der Waals surface area (Å²) in [4.78, 5) is 23.9. The molecule has 3 aromatic heterocycles. The minimum atomic E-state index is -0.568. The van der Waals surface area contributed by atoms with E-state index >= 15 is 0 Å². The number of hydrogen-bond acceptors (Lipinski definition) is 6. The number of nitrogens with zero attached hydrogens (tertiary/aromatic N) is 4. The highest BCUT2D eigenvalue weighted by Gasteiger charge is 2.26. The number of nitrogens with one attached hydrogen (secondary N) is 1. The molecule has 5 aromatic rings. The van der Waals surface area contributed by atoms with Crippen LogP contribution in [0.2, 0.25) is 0 Å². The van der Waals surface area contributed by atoms with Crippen molar-refractivity contribution in [3.63, 3.8) is 0 Å². The van der Waals surface area contributed by atoms with E-state index in [0.717, 1.165) is 63.1 Å². The molecular weight excluding hydrogens is 466 g/mol. The highest BCUT2D eigenvalue weighted by molar-refractivity contribution is 5.99. The van der Waals surface area contributed by atoms with Crippen LogP contribution in [-0.2, 0) is 12.8 Å². The van der Waals surface area contributed by atoms with E-state index in [1.54, 1.807) is 0 Å². The second kappa shape index (κ2) is 8.89. The molecule has 0 spiro atoms. The number of allylic oxidation sites excluding steroid dienone is 1. The Morgan fingerprint density at radius 2 is 1.95 bits per heavy atom. The number of H-pyrrole nitrogens is 1. The van der Waals surface area contributed by atoms with Gasteiger partial charge in [-0.2, -0.15) is 4.98 Å². The van der Waals surface area contributed by atoms with E-state index in [1.807, 2.05) is 43.7 Å². The summed E-state index contributed by atoms with van der Waals surface area (Å²) in [5.41, 5.74) is 11.4. The molecule has 1 N–H and O–H groups in total. The molecule has 2 aromatic carbocycles.